The summed E-state index contributed by atoms with van der Waals surface area (Å²) in [4.78, 5) is 31.3. The second-order valence-electron chi connectivity index (χ2n) is 8.73. The van der Waals surface area contributed by atoms with E-state index in [9.17, 15) is 4.79 Å². The Morgan fingerprint density at radius 1 is 1.18 bits per heavy atom. The fourth-order valence-electron chi connectivity index (χ4n) is 3.24. The molecule has 9 nitrogen and oxygen atoms in total. The SMILES string of the molecule is C[C@H]1[C@H](Nc2cncc(-c3cnc(Oc4cccc(Cl)c4)nc3)n2)CN1C(=O)OC(C)(C)C. The predicted molar refractivity (Wildman–Crippen MR) is 124 cm³/mol. The van der Waals surface area contributed by atoms with Crippen molar-refractivity contribution < 1.29 is 14.3 Å². The molecule has 2 aromatic heterocycles. The average molecular weight is 469 g/mol. The van der Waals surface area contributed by atoms with Gasteiger partial charge in [0.1, 0.15) is 17.2 Å². The van der Waals surface area contributed by atoms with Gasteiger partial charge in [-0.2, -0.15) is 0 Å². The lowest BCUT2D eigenvalue weighted by molar-refractivity contribution is -0.00598. The minimum Gasteiger partial charge on any atom is -0.444 e. The van der Waals surface area contributed by atoms with Gasteiger partial charge in [-0.3, -0.25) is 4.98 Å². The van der Waals surface area contributed by atoms with Gasteiger partial charge in [0, 0.05) is 29.5 Å². The molecule has 2 atom stereocenters. The third-order valence-electron chi connectivity index (χ3n) is 4.99. The lowest BCUT2D eigenvalue weighted by atomic mass is 9.99. The highest BCUT2D eigenvalue weighted by atomic mass is 35.5. The number of carbonyl (C=O) groups is 1. The zero-order valence-electron chi connectivity index (χ0n) is 18.8. The molecular formula is C23H25ClN6O3. The van der Waals surface area contributed by atoms with Gasteiger partial charge >= 0.3 is 12.1 Å². The van der Waals surface area contributed by atoms with Crippen molar-refractivity contribution in [1.82, 2.24) is 24.8 Å². The molecule has 1 aliphatic rings. The summed E-state index contributed by atoms with van der Waals surface area (Å²) in [6.07, 6.45) is 6.21. The average Bonchev–Trinajstić information content (AvgIpc) is 2.75. The number of hydrogen-bond acceptors (Lipinski definition) is 8. The largest absolute Gasteiger partial charge is 0.444 e. The number of benzene rings is 1. The summed E-state index contributed by atoms with van der Waals surface area (Å²) in [6.45, 7) is 8.05. The Kier molecular flexibility index (Phi) is 6.33. The van der Waals surface area contributed by atoms with E-state index in [1.165, 1.54) is 0 Å². The van der Waals surface area contributed by atoms with Crippen molar-refractivity contribution in [3.63, 3.8) is 0 Å². The third kappa shape index (κ3) is 5.67. The van der Waals surface area contributed by atoms with E-state index in [0.29, 0.717) is 34.4 Å². The molecule has 1 aromatic carbocycles. The van der Waals surface area contributed by atoms with E-state index in [1.54, 1.807) is 54.0 Å². The molecule has 172 valence electrons. The fourth-order valence-corrected chi connectivity index (χ4v) is 3.42. The van der Waals surface area contributed by atoms with Gasteiger partial charge in [-0.05, 0) is 45.9 Å². The van der Waals surface area contributed by atoms with Gasteiger partial charge in [-0.1, -0.05) is 17.7 Å². The second-order valence-corrected chi connectivity index (χ2v) is 9.16. The number of amides is 1. The molecule has 0 radical (unpaired) electrons. The number of nitrogens with one attached hydrogen (secondary N) is 1. The van der Waals surface area contributed by atoms with Gasteiger partial charge < -0.3 is 19.7 Å². The third-order valence-corrected chi connectivity index (χ3v) is 5.23. The number of anilines is 1. The Balaban J connectivity index is 1.38. The van der Waals surface area contributed by atoms with Crippen molar-refractivity contribution in [2.24, 2.45) is 0 Å². The first-order valence-electron chi connectivity index (χ1n) is 10.5. The van der Waals surface area contributed by atoms with Crippen molar-refractivity contribution in [3.05, 3.63) is 54.1 Å². The van der Waals surface area contributed by atoms with E-state index in [1.807, 2.05) is 27.7 Å². The first-order valence-corrected chi connectivity index (χ1v) is 10.9. The lowest BCUT2D eigenvalue weighted by Crippen LogP contribution is -2.64. The van der Waals surface area contributed by atoms with Gasteiger partial charge in [0.15, 0.2) is 0 Å². The Hall–Kier alpha value is -3.46. The molecule has 1 aliphatic heterocycles. The molecule has 4 rings (SSSR count). The van der Waals surface area contributed by atoms with Crippen LogP contribution >= 0.6 is 11.6 Å². The van der Waals surface area contributed by atoms with Crippen LogP contribution < -0.4 is 10.1 Å². The van der Waals surface area contributed by atoms with E-state index in [2.05, 4.69) is 25.3 Å². The molecule has 1 amide bonds. The van der Waals surface area contributed by atoms with Gasteiger partial charge in [0.05, 0.1) is 30.2 Å². The quantitative estimate of drug-likeness (QED) is 0.569. The zero-order chi connectivity index (χ0) is 23.6. The van der Waals surface area contributed by atoms with E-state index in [-0.39, 0.29) is 24.2 Å². The monoisotopic (exact) mass is 468 g/mol. The van der Waals surface area contributed by atoms with Gasteiger partial charge in [0.2, 0.25) is 0 Å². The number of rotatable bonds is 5. The Morgan fingerprint density at radius 2 is 1.94 bits per heavy atom. The maximum atomic E-state index is 12.3. The molecule has 10 heteroatoms. The first-order chi connectivity index (χ1) is 15.7. The van der Waals surface area contributed by atoms with Crippen molar-refractivity contribution in [3.8, 4) is 23.0 Å². The summed E-state index contributed by atoms with van der Waals surface area (Å²) >= 11 is 5.97. The molecule has 1 N–H and O–H groups in total. The highest BCUT2D eigenvalue weighted by Crippen LogP contribution is 2.26. The van der Waals surface area contributed by atoms with Crippen LogP contribution in [0.3, 0.4) is 0 Å². The summed E-state index contributed by atoms with van der Waals surface area (Å²) in [5, 5.41) is 3.90. The Bertz CT molecular complexity index is 1140. The van der Waals surface area contributed by atoms with E-state index in [0.717, 1.165) is 0 Å². The molecule has 0 aliphatic carbocycles. The van der Waals surface area contributed by atoms with Crippen LogP contribution in [0.4, 0.5) is 10.6 Å². The topological polar surface area (TPSA) is 102 Å². The molecule has 3 heterocycles. The summed E-state index contributed by atoms with van der Waals surface area (Å²) in [6, 6.07) is 7.23. The molecule has 0 unspecified atom stereocenters. The van der Waals surface area contributed by atoms with Crippen LogP contribution in [0.2, 0.25) is 5.02 Å². The molecule has 0 bridgehead atoms. The highest BCUT2D eigenvalue weighted by Gasteiger charge is 2.41. The summed E-state index contributed by atoms with van der Waals surface area (Å²) < 4.78 is 11.1. The van der Waals surface area contributed by atoms with Gasteiger partial charge in [0.25, 0.3) is 0 Å². The Morgan fingerprint density at radius 3 is 2.61 bits per heavy atom. The zero-order valence-corrected chi connectivity index (χ0v) is 19.6. The van der Waals surface area contributed by atoms with Crippen LogP contribution in [0.15, 0.2) is 49.1 Å². The molecular weight excluding hydrogens is 444 g/mol. The molecule has 0 spiro atoms. The molecule has 33 heavy (non-hydrogen) atoms. The molecule has 1 fully saturated rings. The highest BCUT2D eigenvalue weighted by molar-refractivity contribution is 6.30. The number of aromatic nitrogens is 4. The standard InChI is InChI=1S/C23H25ClN6O3/c1-14-19(13-30(14)22(31)33-23(2,3)4)29-20-12-25-11-18(28-20)15-9-26-21(27-10-15)32-17-7-5-6-16(24)8-17/h5-12,14,19H,13H2,1-4H3,(H,28,29)/t14-,19+/m0/s1. The van der Waals surface area contributed by atoms with Crippen molar-refractivity contribution in [1.29, 1.82) is 0 Å². The van der Waals surface area contributed by atoms with Crippen LogP contribution in [0, 0.1) is 0 Å². The van der Waals surface area contributed by atoms with E-state index in [4.69, 9.17) is 21.1 Å². The van der Waals surface area contributed by atoms with Gasteiger partial charge in [-0.25, -0.2) is 19.7 Å². The summed E-state index contributed by atoms with van der Waals surface area (Å²) in [7, 11) is 0. The van der Waals surface area contributed by atoms with Gasteiger partial charge in [-0.15, -0.1) is 0 Å². The number of likely N-dealkylation sites (tertiary alicyclic amines) is 1. The maximum absolute atomic E-state index is 12.3. The summed E-state index contributed by atoms with van der Waals surface area (Å²) in [5.74, 6) is 1.16. The van der Waals surface area contributed by atoms with Crippen LogP contribution in [0.25, 0.3) is 11.3 Å². The van der Waals surface area contributed by atoms with Crippen molar-refractivity contribution >= 4 is 23.5 Å². The molecule has 3 aromatic rings. The van der Waals surface area contributed by atoms with Crippen LogP contribution in [-0.2, 0) is 4.74 Å². The second kappa shape index (κ2) is 9.19. The lowest BCUT2D eigenvalue weighted by Gasteiger charge is -2.46. The van der Waals surface area contributed by atoms with Crippen LogP contribution in [0.5, 0.6) is 11.8 Å². The van der Waals surface area contributed by atoms with Crippen molar-refractivity contribution in [2.45, 2.75) is 45.4 Å². The molecule has 0 saturated carbocycles. The normalized spacial score (nSPS) is 17.8. The first kappa shape index (κ1) is 22.7. The Labute approximate surface area is 197 Å². The van der Waals surface area contributed by atoms with E-state index >= 15 is 0 Å². The van der Waals surface area contributed by atoms with E-state index < -0.39 is 5.60 Å². The summed E-state index contributed by atoms with van der Waals surface area (Å²) in [5.41, 5.74) is 0.790. The number of hydrogen-bond donors (Lipinski definition) is 1. The fraction of sp³-hybridized carbons (Fsp3) is 0.348. The number of ether oxygens (including phenoxy) is 2. The molecule has 1 saturated heterocycles. The smallest absolute Gasteiger partial charge is 0.410 e. The van der Waals surface area contributed by atoms with Crippen LogP contribution in [0.1, 0.15) is 27.7 Å². The number of nitrogens with zero attached hydrogens (tertiary/aromatic N) is 5. The number of halogens is 1. The maximum Gasteiger partial charge on any atom is 0.410 e. The predicted octanol–water partition coefficient (Wildman–Crippen LogP) is 4.80. The van der Waals surface area contributed by atoms with Crippen molar-refractivity contribution in [2.75, 3.05) is 11.9 Å². The number of carbonyl (C=O) groups excluding carboxylic acids is 1. The minimum absolute atomic E-state index is 0.0310. The van der Waals surface area contributed by atoms with Crippen LogP contribution in [-0.4, -0.2) is 55.2 Å². The minimum atomic E-state index is -0.522.